The molecule has 1 atom stereocenters. The van der Waals surface area contributed by atoms with E-state index in [1.165, 1.54) is 0 Å². The molecule has 0 aliphatic heterocycles. The highest BCUT2D eigenvalue weighted by molar-refractivity contribution is 5.68. The molecule has 0 heterocycles. The Bertz CT molecular complexity index is 497. The van der Waals surface area contributed by atoms with Crippen molar-refractivity contribution in [2.45, 2.75) is 39.3 Å². The lowest BCUT2D eigenvalue weighted by Crippen LogP contribution is -2.41. The molecule has 0 aliphatic carbocycles. The topological polar surface area (TPSA) is 50.4 Å². The standard InChI is InChI=1S/C19H28N2O2/c1-5-6-12-20-16(4)18(13-15(2)3)21-19(22)23-14-17-10-8-7-9-11-17/h5,7-11,15,18,20H,1,4,6,12-14H2,2-3H3,(H,21,22). The molecule has 4 heteroatoms. The number of rotatable bonds is 10. The molecule has 0 saturated carbocycles. The maximum absolute atomic E-state index is 12.0. The van der Waals surface area contributed by atoms with Gasteiger partial charge in [0.2, 0.25) is 0 Å². The van der Waals surface area contributed by atoms with Crippen LogP contribution in [0.25, 0.3) is 0 Å². The second kappa shape index (κ2) is 10.5. The number of benzene rings is 1. The van der Waals surface area contributed by atoms with Crippen molar-refractivity contribution < 1.29 is 9.53 Å². The summed E-state index contributed by atoms with van der Waals surface area (Å²) in [6, 6.07) is 9.47. The summed E-state index contributed by atoms with van der Waals surface area (Å²) >= 11 is 0. The monoisotopic (exact) mass is 316 g/mol. The normalized spacial score (nSPS) is 11.6. The van der Waals surface area contributed by atoms with E-state index in [0.717, 1.165) is 30.6 Å². The Balaban J connectivity index is 2.49. The van der Waals surface area contributed by atoms with Gasteiger partial charge in [-0.2, -0.15) is 0 Å². The number of amides is 1. The van der Waals surface area contributed by atoms with Crippen molar-refractivity contribution >= 4 is 6.09 Å². The van der Waals surface area contributed by atoms with Crippen LogP contribution in [0.5, 0.6) is 0 Å². The number of hydrogen-bond acceptors (Lipinski definition) is 3. The summed E-state index contributed by atoms with van der Waals surface area (Å²) in [5.41, 5.74) is 1.77. The van der Waals surface area contributed by atoms with Gasteiger partial charge < -0.3 is 15.4 Å². The number of nitrogens with one attached hydrogen (secondary N) is 2. The van der Waals surface area contributed by atoms with E-state index >= 15 is 0 Å². The third-order valence-corrected chi connectivity index (χ3v) is 3.33. The first kappa shape index (κ1) is 18.8. The van der Waals surface area contributed by atoms with Crippen molar-refractivity contribution in [1.29, 1.82) is 0 Å². The van der Waals surface area contributed by atoms with Crippen LogP contribution >= 0.6 is 0 Å². The molecule has 1 amide bonds. The van der Waals surface area contributed by atoms with Crippen LogP contribution in [0.2, 0.25) is 0 Å². The number of carbonyl (C=O) groups is 1. The van der Waals surface area contributed by atoms with Gasteiger partial charge in [0.05, 0.1) is 6.04 Å². The summed E-state index contributed by atoms with van der Waals surface area (Å²) in [6.45, 7) is 13.0. The van der Waals surface area contributed by atoms with Crippen LogP contribution in [0.15, 0.2) is 55.3 Å². The van der Waals surface area contributed by atoms with Crippen molar-refractivity contribution in [2.24, 2.45) is 5.92 Å². The van der Waals surface area contributed by atoms with Crippen LogP contribution in [-0.2, 0) is 11.3 Å². The summed E-state index contributed by atoms with van der Waals surface area (Å²) in [5.74, 6) is 0.437. The second-order valence-electron chi connectivity index (χ2n) is 5.92. The van der Waals surface area contributed by atoms with E-state index in [1.54, 1.807) is 0 Å². The van der Waals surface area contributed by atoms with E-state index in [2.05, 4.69) is 37.6 Å². The molecule has 2 N–H and O–H groups in total. The summed E-state index contributed by atoms with van der Waals surface area (Å²) in [4.78, 5) is 12.0. The zero-order chi connectivity index (χ0) is 17.1. The fourth-order valence-corrected chi connectivity index (χ4v) is 2.12. The van der Waals surface area contributed by atoms with E-state index in [1.807, 2.05) is 36.4 Å². The molecule has 1 aromatic carbocycles. The third-order valence-electron chi connectivity index (χ3n) is 3.33. The van der Waals surface area contributed by atoms with Gasteiger partial charge in [-0.1, -0.05) is 56.8 Å². The van der Waals surface area contributed by atoms with Crippen LogP contribution in [-0.4, -0.2) is 18.7 Å². The summed E-state index contributed by atoms with van der Waals surface area (Å²) in [6.07, 6.45) is 3.08. The van der Waals surface area contributed by atoms with Gasteiger partial charge in [0.1, 0.15) is 6.61 Å². The molecule has 1 unspecified atom stereocenters. The molecule has 1 rings (SSSR count). The molecular formula is C19H28N2O2. The molecule has 1 aromatic rings. The number of alkyl carbamates (subject to hydrolysis) is 1. The Morgan fingerprint density at radius 1 is 1.30 bits per heavy atom. The molecule has 0 spiro atoms. The highest BCUT2D eigenvalue weighted by Crippen LogP contribution is 2.11. The largest absolute Gasteiger partial charge is 0.445 e. The van der Waals surface area contributed by atoms with Crippen molar-refractivity contribution in [2.75, 3.05) is 6.54 Å². The van der Waals surface area contributed by atoms with E-state index in [-0.39, 0.29) is 12.6 Å². The maximum atomic E-state index is 12.0. The lowest BCUT2D eigenvalue weighted by molar-refractivity contribution is 0.135. The molecule has 126 valence electrons. The third kappa shape index (κ3) is 8.10. The molecule has 4 nitrogen and oxygen atoms in total. The zero-order valence-corrected chi connectivity index (χ0v) is 14.2. The van der Waals surface area contributed by atoms with Crippen LogP contribution < -0.4 is 10.6 Å². The Morgan fingerprint density at radius 3 is 2.61 bits per heavy atom. The average Bonchev–Trinajstić information content (AvgIpc) is 2.53. The fourth-order valence-electron chi connectivity index (χ4n) is 2.12. The van der Waals surface area contributed by atoms with Gasteiger partial charge in [0.15, 0.2) is 0 Å². The molecule has 0 saturated heterocycles. The quantitative estimate of drug-likeness (QED) is 0.506. The number of hydrogen-bond donors (Lipinski definition) is 2. The Hall–Kier alpha value is -2.23. The molecule has 0 radical (unpaired) electrons. The second-order valence-corrected chi connectivity index (χ2v) is 5.92. The van der Waals surface area contributed by atoms with Crippen LogP contribution in [0.4, 0.5) is 4.79 Å². The number of carbonyl (C=O) groups excluding carboxylic acids is 1. The predicted octanol–water partition coefficient (Wildman–Crippen LogP) is 4.01. The molecule has 0 aliphatic rings. The summed E-state index contributed by atoms with van der Waals surface area (Å²) in [5, 5.41) is 6.13. The van der Waals surface area contributed by atoms with Gasteiger partial charge in [-0.25, -0.2) is 4.79 Å². The Labute approximate surface area is 139 Å². The minimum absolute atomic E-state index is 0.150. The number of ether oxygens (including phenoxy) is 1. The van der Waals surface area contributed by atoms with Crippen molar-refractivity contribution in [3.63, 3.8) is 0 Å². The van der Waals surface area contributed by atoms with Gasteiger partial charge in [0.25, 0.3) is 0 Å². The van der Waals surface area contributed by atoms with Crippen molar-refractivity contribution in [3.8, 4) is 0 Å². The van der Waals surface area contributed by atoms with Gasteiger partial charge in [-0.05, 0) is 24.3 Å². The fraction of sp³-hybridized carbons (Fsp3) is 0.421. The average molecular weight is 316 g/mol. The Kier molecular flexibility index (Phi) is 8.58. The first-order valence-electron chi connectivity index (χ1n) is 8.03. The summed E-state index contributed by atoms with van der Waals surface area (Å²) in [7, 11) is 0. The maximum Gasteiger partial charge on any atom is 0.408 e. The molecule has 0 bridgehead atoms. The summed E-state index contributed by atoms with van der Waals surface area (Å²) < 4.78 is 5.28. The van der Waals surface area contributed by atoms with Gasteiger partial charge in [-0.15, -0.1) is 6.58 Å². The van der Waals surface area contributed by atoms with Crippen molar-refractivity contribution in [3.05, 3.63) is 60.8 Å². The Morgan fingerprint density at radius 2 is 2.00 bits per heavy atom. The minimum Gasteiger partial charge on any atom is -0.445 e. The zero-order valence-electron chi connectivity index (χ0n) is 14.2. The molecule has 0 fully saturated rings. The van der Waals surface area contributed by atoms with E-state index in [4.69, 9.17) is 4.74 Å². The lowest BCUT2D eigenvalue weighted by Gasteiger charge is -2.23. The molecular weight excluding hydrogens is 288 g/mol. The first-order chi connectivity index (χ1) is 11.0. The van der Waals surface area contributed by atoms with Gasteiger partial charge >= 0.3 is 6.09 Å². The van der Waals surface area contributed by atoms with Crippen molar-refractivity contribution in [1.82, 2.24) is 10.6 Å². The minimum atomic E-state index is -0.425. The van der Waals surface area contributed by atoms with Gasteiger partial charge in [0, 0.05) is 12.2 Å². The van der Waals surface area contributed by atoms with Crippen LogP contribution in [0.3, 0.4) is 0 Å². The van der Waals surface area contributed by atoms with E-state index < -0.39 is 6.09 Å². The molecule has 0 aromatic heterocycles. The highest BCUT2D eigenvalue weighted by atomic mass is 16.5. The van der Waals surface area contributed by atoms with Gasteiger partial charge in [-0.3, -0.25) is 0 Å². The smallest absolute Gasteiger partial charge is 0.408 e. The predicted molar refractivity (Wildman–Crippen MR) is 95.0 cm³/mol. The molecule has 23 heavy (non-hydrogen) atoms. The van der Waals surface area contributed by atoms with E-state index in [0.29, 0.717) is 5.92 Å². The van der Waals surface area contributed by atoms with Crippen LogP contribution in [0.1, 0.15) is 32.3 Å². The van der Waals surface area contributed by atoms with E-state index in [9.17, 15) is 4.79 Å². The SMILES string of the molecule is C=CCCNC(=C)C(CC(C)C)NC(=O)OCc1ccccc1. The lowest BCUT2D eigenvalue weighted by atomic mass is 10.0. The highest BCUT2D eigenvalue weighted by Gasteiger charge is 2.17. The van der Waals surface area contributed by atoms with Crippen LogP contribution in [0, 0.1) is 5.92 Å². The first-order valence-corrected chi connectivity index (χ1v) is 8.03.